The SMILES string of the molecule is COC(=O)C(CC(O[Si](C)(C)C(C)(C)C)C(=O)OC)CP(=O)(OCc1ccc(Br)cc1)OCc1ccc(Br)cc1. The molecule has 0 radical (unpaired) electrons. The Kier molecular flexibility index (Phi) is 13.3. The molecule has 0 spiro atoms. The summed E-state index contributed by atoms with van der Waals surface area (Å²) in [5.74, 6) is -2.27. The maximum absolute atomic E-state index is 14.2. The molecule has 2 unspecified atom stereocenters. The number of hydrogen-bond acceptors (Lipinski definition) is 8. The van der Waals surface area contributed by atoms with Crippen LogP contribution in [-0.2, 0) is 50.3 Å². The summed E-state index contributed by atoms with van der Waals surface area (Å²) < 4.78 is 44.2. The van der Waals surface area contributed by atoms with Crippen LogP contribution < -0.4 is 0 Å². The van der Waals surface area contributed by atoms with E-state index >= 15 is 0 Å². The third kappa shape index (κ3) is 10.8. The smallest absolute Gasteiger partial charge is 0.333 e. The van der Waals surface area contributed by atoms with Crippen molar-refractivity contribution in [2.75, 3.05) is 20.4 Å². The van der Waals surface area contributed by atoms with Crippen molar-refractivity contribution < 1.29 is 37.1 Å². The van der Waals surface area contributed by atoms with E-state index in [4.69, 9.17) is 22.9 Å². The van der Waals surface area contributed by atoms with E-state index in [1.807, 2.05) is 82.4 Å². The average molecular weight is 722 g/mol. The second kappa shape index (κ2) is 15.2. The summed E-state index contributed by atoms with van der Waals surface area (Å²) >= 11 is 6.80. The van der Waals surface area contributed by atoms with Gasteiger partial charge in [-0.05, 0) is 59.9 Å². The van der Waals surface area contributed by atoms with Crippen molar-refractivity contribution in [3.8, 4) is 0 Å². The molecule has 0 aliphatic carbocycles. The molecule has 0 fully saturated rings. The van der Waals surface area contributed by atoms with Gasteiger partial charge in [0.15, 0.2) is 8.32 Å². The Morgan fingerprint density at radius 1 is 0.825 bits per heavy atom. The lowest BCUT2D eigenvalue weighted by atomic mass is 10.0. The molecule has 222 valence electrons. The van der Waals surface area contributed by atoms with Gasteiger partial charge in [-0.2, -0.15) is 0 Å². The number of carbonyl (C=O) groups excluding carboxylic acids is 2. The molecule has 0 saturated carbocycles. The van der Waals surface area contributed by atoms with Gasteiger partial charge >= 0.3 is 19.5 Å². The van der Waals surface area contributed by atoms with Crippen molar-refractivity contribution in [1.82, 2.24) is 0 Å². The van der Waals surface area contributed by atoms with Crippen molar-refractivity contribution >= 4 is 59.7 Å². The van der Waals surface area contributed by atoms with Gasteiger partial charge in [0, 0.05) is 8.95 Å². The zero-order valence-electron chi connectivity index (χ0n) is 24.1. The third-order valence-corrected chi connectivity index (χ3v) is 14.3. The Balaban J connectivity index is 2.35. The van der Waals surface area contributed by atoms with E-state index in [0.29, 0.717) is 0 Å². The largest absolute Gasteiger partial charge is 0.469 e. The van der Waals surface area contributed by atoms with Crippen molar-refractivity contribution in [1.29, 1.82) is 0 Å². The Bertz CT molecular complexity index is 1110. The summed E-state index contributed by atoms with van der Waals surface area (Å²) in [7, 11) is -3.82. The standard InChI is InChI=1S/C28H39Br2O8PSi/c1-28(2,3)40(6,7)38-25(27(32)35-5)16-22(26(31)34-4)19-39(33,36-17-20-8-12-23(29)13-9-20)37-18-21-10-14-24(30)15-11-21/h8-15,22,25H,16-19H2,1-7H3. The molecule has 12 heteroatoms. The molecule has 0 aliphatic heterocycles. The summed E-state index contributed by atoms with van der Waals surface area (Å²) in [6.07, 6.45) is -1.46. The highest BCUT2D eigenvalue weighted by Crippen LogP contribution is 2.52. The van der Waals surface area contributed by atoms with Crippen molar-refractivity contribution in [2.45, 2.75) is 64.6 Å². The average Bonchev–Trinajstić information content (AvgIpc) is 2.90. The van der Waals surface area contributed by atoms with E-state index in [2.05, 4.69) is 31.9 Å². The van der Waals surface area contributed by atoms with Gasteiger partial charge in [-0.25, -0.2) is 4.79 Å². The maximum Gasteiger partial charge on any atom is 0.333 e. The second-order valence-corrected chi connectivity index (χ2v) is 19.6. The highest BCUT2D eigenvalue weighted by Gasteiger charge is 2.44. The fourth-order valence-electron chi connectivity index (χ4n) is 3.45. The number of carbonyl (C=O) groups is 2. The normalized spacial score (nSPS) is 13.9. The monoisotopic (exact) mass is 720 g/mol. The van der Waals surface area contributed by atoms with Crippen LogP contribution in [-0.4, -0.2) is 46.7 Å². The molecule has 8 nitrogen and oxygen atoms in total. The molecule has 0 N–H and O–H groups in total. The summed E-state index contributed by atoms with van der Waals surface area (Å²) in [6.45, 7) is 10.1. The second-order valence-electron chi connectivity index (χ2n) is 10.9. The molecule has 0 aromatic heterocycles. The molecule has 2 aromatic carbocycles. The first-order chi connectivity index (χ1) is 18.6. The van der Waals surface area contributed by atoms with Crippen molar-refractivity contribution in [3.63, 3.8) is 0 Å². The number of rotatable bonds is 14. The lowest BCUT2D eigenvalue weighted by molar-refractivity contribution is -0.152. The molecule has 0 saturated heterocycles. The van der Waals surface area contributed by atoms with E-state index in [1.165, 1.54) is 14.2 Å². The van der Waals surface area contributed by atoms with Gasteiger partial charge in [-0.1, -0.05) is 76.9 Å². The predicted octanol–water partition coefficient (Wildman–Crippen LogP) is 7.88. The lowest BCUT2D eigenvalue weighted by Gasteiger charge is -2.39. The Hall–Kier alpha value is -1.33. The summed E-state index contributed by atoms with van der Waals surface area (Å²) in [6, 6.07) is 14.7. The van der Waals surface area contributed by atoms with Crippen molar-refractivity contribution in [2.24, 2.45) is 5.92 Å². The molecule has 0 amide bonds. The Labute approximate surface area is 255 Å². The molecule has 40 heavy (non-hydrogen) atoms. The maximum atomic E-state index is 14.2. The molecule has 2 atom stereocenters. The van der Waals surface area contributed by atoms with Gasteiger partial charge in [-0.15, -0.1) is 0 Å². The van der Waals surface area contributed by atoms with Crippen LogP contribution in [0.5, 0.6) is 0 Å². The fraction of sp³-hybridized carbons (Fsp3) is 0.500. The number of esters is 2. The topological polar surface area (TPSA) is 97.4 Å². The fourth-order valence-corrected chi connectivity index (χ4v) is 7.05. The molecule has 0 aliphatic rings. The zero-order valence-corrected chi connectivity index (χ0v) is 29.1. The minimum Gasteiger partial charge on any atom is -0.469 e. The van der Waals surface area contributed by atoms with Crippen LogP contribution in [0.15, 0.2) is 57.5 Å². The van der Waals surface area contributed by atoms with Crippen LogP contribution in [0.25, 0.3) is 0 Å². The van der Waals surface area contributed by atoms with E-state index in [1.54, 1.807) is 0 Å². The van der Waals surface area contributed by atoms with Gasteiger partial charge in [0.1, 0.15) is 6.10 Å². The molecule has 0 bridgehead atoms. The quantitative estimate of drug-likeness (QED) is 0.110. The van der Waals surface area contributed by atoms with Crippen LogP contribution in [0.3, 0.4) is 0 Å². The highest BCUT2D eigenvalue weighted by atomic mass is 79.9. The van der Waals surface area contributed by atoms with Crippen LogP contribution in [0.4, 0.5) is 0 Å². The molecular weight excluding hydrogens is 683 g/mol. The number of methoxy groups -OCH3 is 2. The minimum absolute atomic E-state index is 0.000310. The summed E-state index contributed by atoms with van der Waals surface area (Å²) in [4.78, 5) is 25.7. The predicted molar refractivity (Wildman–Crippen MR) is 165 cm³/mol. The highest BCUT2D eigenvalue weighted by molar-refractivity contribution is 9.10. The van der Waals surface area contributed by atoms with Crippen LogP contribution in [0.2, 0.25) is 18.1 Å². The van der Waals surface area contributed by atoms with E-state index in [9.17, 15) is 14.2 Å². The Morgan fingerprint density at radius 2 is 1.25 bits per heavy atom. The first-order valence-electron chi connectivity index (χ1n) is 12.8. The lowest BCUT2D eigenvalue weighted by Crippen LogP contribution is -2.47. The number of ether oxygens (including phenoxy) is 2. The van der Waals surface area contributed by atoms with Gasteiger partial charge < -0.3 is 22.9 Å². The van der Waals surface area contributed by atoms with Crippen LogP contribution in [0, 0.1) is 5.92 Å². The molecular formula is C28H39Br2O8PSi. The molecule has 2 aromatic rings. The molecule has 0 heterocycles. The summed E-state index contributed by atoms with van der Waals surface area (Å²) in [5, 5.41) is -0.198. The van der Waals surface area contributed by atoms with E-state index in [0.717, 1.165) is 20.1 Å². The van der Waals surface area contributed by atoms with Crippen LogP contribution >= 0.6 is 39.5 Å². The van der Waals surface area contributed by atoms with Crippen molar-refractivity contribution in [3.05, 3.63) is 68.6 Å². The van der Waals surface area contributed by atoms with Gasteiger partial charge in [-0.3, -0.25) is 9.36 Å². The Morgan fingerprint density at radius 3 is 1.62 bits per heavy atom. The van der Waals surface area contributed by atoms with Gasteiger partial charge in [0.25, 0.3) is 0 Å². The van der Waals surface area contributed by atoms with Gasteiger partial charge in [0.05, 0.1) is 39.5 Å². The van der Waals surface area contributed by atoms with E-state index < -0.39 is 39.9 Å². The number of benzene rings is 2. The zero-order chi connectivity index (χ0) is 30.1. The minimum atomic E-state index is -3.90. The summed E-state index contributed by atoms with van der Waals surface area (Å²) in [5.41, 5.74) is 1.55. The van der Waals surface area contributed by atoms with Crippen LogP contribution in [0.1, 0.15) is 38.3 Å². The first-order valence-corrected chi connectivity index (χ1v) is 19.0. The molecule has 2 rings (SSSR count). The third-order valence-electron chi connectivity index (χ3n) is 6.87. The van der Waals surface area contributed by atoms with E-state index in [-0.39, 0.29) is 30.8 Å². The van der Waals surface area contributed by atoms with Gasteiger partial charge in [0.2, 0.25) is 0 Å². The number of hydrogen-bond donors (Lipinski definition) is 0. The first kappa shape index (κ1) is 34.9. The number of halogens is 2.